The molecule has 0 radical (unpaired) electrons. The van der Waals surface area contributed by atoms with E-state index in [1.807, 2.05) is 0 Å². The van der Waals surface area contributed by atoms with Crippen LogP contribution in [0.25, 0.3) is 0 Å². The lowest BCUT2D eigenvalue weighted by molar-refractivity contribution is 0.0999. The Kier molecular flexibility index (Phi) is 2.49. The van der Waals surface area contributed by atoms with Crippen molar-refractivity contribution >= 4 is 6.09 Å². The van der Waals surface area contributed by atoms with E-state index in [0.29, 0.717) is 17.5 Å². The number of carbonyl (C=O) groups is 1. The topological polar surface area (TPSA) is 70.0 Å². The zero-order valence-electron chi connectivity index (χ0n) is 13.0. The Balaban J connectivity index is 2.39. The third kappa shape index (κ3) is 2.01. The van der Waals surface area contributed by atoms with Crippen molar-refractivity contribution in [1.82, 2.24) is 4.90 Å². The monoisotopic (exact) mass is 254 g/mol. The maximum Gasteiger partial charge on any atom is 0.407 e. The summed E-state index contributed by atoms with van der Waals surface area (Å²) in [5.74, 6) is 0.164. The number of ether oxygens (including phenoxy) is 1. The summed E-state index contributed by atoms with van der Waals surface area (Å²) in [5, 5.41) is 19.3. The van der Waals surface area contributed by atoms with Crippen LogP contribution in [0.5, 0.6) is 5.75 Å². The van der Waals surface area contributed by atoms with Crippen molar-refractivity contribution in [3.63, 3.8) is 0 Å². The van der Waals surface area contributed by atoms with Crippen molar-refractivity contribution in [1.29, 1.82) is 0 Å². The number of amides is 1. The number of hydrogen-bond donors (Lipinski definition) is 2. The first kappa shape index (κ1) is 9.22. The predicted molar refractivity (Wildman–Crippen MR) is 65.8 cm³/mol. The molecule has 0 spiro atoms. The van der Waals surface area contributed by atoms with Crippen molar-refractivity contribution in [2.24, 2.45) is 0 Å². The molecule has 1 aliphatic rings. The zero-order valence-corrected chi connectivity index (χ0v) is 9.96. The van der Waals surface area contributed by atoms with Gasteiger partial charge in [0.1, 0.15) is 5.75 Å². The van der Waals surface area contributed by atoms with E-state index in [1.54, 1.807) is 19.1 Å². The maximum atomic E-state index is 11.2. The summed E-state index contributed by atoms with van der Waals surface area (Å²) >= 11 is 0. The predicted octanol–water partition coefficient (Wildman–Crippen LogP) is 1.79. The van der Waals surface area contributed by atoms with Gasteiger partial charge >= 0.3 is 6.09 Å². The molecule has 0 aliphatic carbocycles. The Morgan fingerprint density at radius 2 is 2.39 bits per heavy atom. The Morgan fingerprint density at radius 1 is 1.61 bits per heavy atom. The van der Waals surface area contributed by atoms with Crippen molar-refractivity contribution < 1.29 is 23.9 Å². The number of nitrogens with zero attached hydrogens (tertiary/aromatic N) is 1. The molecule has 2 rings (SSSR count). The molecular weight excluding hydrogens is 234 g/mol. The quantitative estimate of drug-likeness (QED) is 0.844. The molecule has 1 heterocycles. The fraction of sp³-hybridized carbons (Fsp3) is 0.462. The van der Waals surface area contributed by atoms with Crippen LogP contribution in [0.2, 0.25) is 0 Å². The number of rotatable bonds is 2. The highest BCUT2D eigenvalue weighted by Gasteiger charge is 2.38. The molecular formula is C13H17NO4. The number of benzene rings is 1. The third-order valence-electron chi connectivity index (χ3n) is 3.37. The van der Waals surface area contributed by atoms with Crippen LogP contribution in [-0.2, 0) is 0 Å². The van der Waals surface area contributed by atoms with E-state index in [-0.39, 0.29) is 12.3 Å². The molecule has 0 saturated carbocycles. The summed E-state index contributed by atoms with van der Waals surface area (Å²) in [5.41, 5.74) is 1.08. The van der Waals surface area contributed by atoms with Gasteiger partial charge in [0.15, 0.2) is 0 Å². The molecule has 0 unspecified atom stereocenters. The highest BCUT2D eigenvalue weighted by atomic mass is 16.5. The van der Waals surface area contributed by atoms with Crippen LogP contribution < -0.4 is 4.74 Å². The molecule has 1 amide bonds. The second kappa shape index (κ2) is 4.86. The minimum atomic E-state index is -2.58. The fourth-order valence-electron chi connectivity index (χ4n) is 2.43. The second-order valence-corrected chi connectivity index (χ2v) is 4.35. The normalized spacial score (nSPS) is 26.3. The zero-order chi connectivity index (χ0) is 15.8. The van der Waals surface area contributed by atoms with Crippen LogP contribution in [0, 0.1) is 6.92 Å². The molecule has 0 aromatic heterocycles. The highest BCUT2D eigenvalue weighted by molar-refractivity contribution is 5.66. The molecule has 2 atom stereocenters. The molecule has 5 heteroatoms. The lowest BCUT2D eigenvalue weighted by Gasteiger charge is -2.26. The van der Waals surface area contributed by atoms with Gasteiger partial charge < -0.3 is 14.9 Å². The first-order chi connectivity index (χ1) is 9.70. The Morgan fingerprint density at radius 3 is 3.06 bits per heavy atom. The van der Waals surface area contributed by atoms with Gasteiger partial charge in [-0.15, -0.1) is 0 Å². The minimum absolute atomic E-state index is 0.164. The van der Waals surface area contributed by atoms with Gasteiger partial charge in [-0.3, -0.25) is 4.90 Å². The van der Waals surface area contributed by atoms with E-state index in [1.165, 1.54) is 6.07 Å². The van der Waals surface area contributed by atoms with E-state index in [9.17, 15) is 15.0 Å². The van der Waals surface area contributed by atoms with Gasteiger partial charge in [-0.2, -0.15) is 0 Å². The summed E-state index contributed by atoms with van der Waals surface area (Å²) in [6, 6.07) is 4.07. The van der Waals surface area contributed by atoms with Gasteiger partial charge in [-0.05, 0) is 30.5 Å². The minimum Gasteiger partial charge on any atom is -0.496 e. The van der Waals surface area contributed by atoms with E-state index in [0.717, 1.165) is 4.90 Å². The molecule has 0 bridgehead atoms. The Labute approximate surface area is 110 Å². The van der Waals surface area contributed by atoms with Crippen molar-refractivity contribution in [3.05, 3.63) is 29.3 Å². The molecule has 2 N–H and O–H groups in total. The van der Waals surface area contributed by atoms with Gasteiger partial charge in [0.25, 0.3) is 0 Å². The number of aliphatic hydroxyl groups is 1. The number of hydrogen-bond acceptors (Lipinski definition) is 3. The largest absolute Gasteiger partial charge is 0.496 e. The summed E-state index contributed by atoms with van der Waals surface area (Å²) in [7, 11) is -2.58. The molecule has 1 saturated heterocycles. The van der Waals surface area contributed by atoms with Crippen molar-refractivity contribution in [2.45, 2.75) is 25.5 Å². The van der Waals surface area contributed by atoms with Gasteiger partial charge in [0.2, 0.25) is 0 Å². The summed E-state index contributed by atoms with van der Waals surface area (Å²) in [4.78, 5) is 12.4. The molecule has 1 fully saturated rings. The van der Waals surface area contributed by atoms with Crippen LogP contribution in [0.15, 0.2) is 18.2 Å². The Bertz CT molecular complexity index is 547. The van der Waals surface area contributed by atoms with Crippen LogP contribution in [0.1, 0.15) is 27.7 Å². The number of methoxy groups -OCH3 is 1. The van der Waals surface area contributed by atoms with Crippen LogP contribution in [0.4, 0.5) is 4.79 Å². The number of carboxylic acid groups (broad SMARTS) is 1. The lowest BCUT2D eigenvalue weighted by atomic mass is 9.97. The van der Waals surface area contributed by atoms with E-state index < -0.39 is 25.3 Å². The Hall–Kier alpha value is -1.75. The summed E-state index contributed by atoms with van der Waals surface area (Å²) < 4.78 is 26.4. The lowest BCUT2D eigenvalue weighted by Crippen LogP contribution is -2.32. The standard InChI is InChI=1S/C13H17NO4/c1-8-9(4-3-5-11(8)18-2)12-10(15)6-7-14(12)13(16)17/h3-5,10,12,15H,6-7H2,1-2H3,(H,16,17)/t10-,12-/m1/s1/i2D3. The van der Waals surface area contributed by atoms with Crippen molar-refractivity contribution in [2.75, 3.05) is 13.6 Å². The SMILES string of the molecule is [2H]C([2H])([2H])Oc1cccc([C@@H]2[C@H](O)CCN2C(=O)O)c1C. The first-order valence-corrected chi connectivity index (χ1v) is 5.67. The molecule has 1 aromatic carbocycles. The van der Waals surface area contributed by atoms with Crippen LogP contribution in [0.3, 0.4) is 0 Å². The smallest absolute Gasteiger partial charge is 0.407 e. The average molecular weight is 254 g/mol. The van der Waals surface area contributed by atoms with Crippen molar-refractivity contribution in [3.8, 4) is 5.75 Å². The van der Waals surface area contributed by atoms with E-state index in [2.05, 4.69) is 0 Å². The maximum absolute atomic E-state index is 11.2. The molecule has 1 aromatic rings. The number of likely N-dealkylation sites (tertiary alicyclic amines) is 1. The molecule has 1 aliphatic heterocycles. The highest BCUT2D eigenvalue weighted by Crippen LogP contribution is 2.36. The molecule has 98 valence electrons. The number of aliphatic hydroxyl groups excluding tert-OH is 1. The van der Waals surface area contributed by atoms with E-state index >= 15 is 0 Å². The second-order valence-electron chi connectivity index (χ2n) is 4.35. The third-order valence-corrected chi connectivity index (χ3v) is 3.37. The van der Waals surface area contributed by atoms with Gasteiger partial charge in [-0.1, -0.05) is 12.1 Å². The first-order valence-electron chi connectivity index (χ1n) is 7.17. The molecule has 18 heavy (non-hydrogen) atoms. The fourth-order valence-corrected chi connectivity index (χ4v) is 2.43. The average Bonchev–Trinajstić information content (AvgIpc) is 2.72. The van der Waals surface area contributed by atoms with Crippen LogP contribution in [-0.4, -0.2) is 40.9 Å². The van der Waals surface area contributed by atoms with Crippen LogP contribution >= 0.6 is 0 Å². The van der Waals surface area contributed by atoms with E-state index in [4.69, 9.17) is 8.85 Å². The van der Waals surface area contributed by atoms with Gasteiger partial charge in [0.05, 0.1) is 23.3 Å². The summed E-state index contributed by atoms with van der Waals surface area (Å²) in [6.45, 7) is 1.90. The van der Waals surface area contributed by atoms with Gasteiger partial charge in [0, 0.05) is 6.54 Å². The summed E-state index contributed by atoms with van der Waals surface area (Å²) in [6.07, 6.45) is -1.58. The molecule has 5 nitrogen and oxygen atoms in total. The van der Waals surface area contributed by atoms with Gasteiger partial charge in [-0.25, -0.2) is 4.79 Å².